The van der Waals surface area contributed by atoms with E-state index in [2.05, 4.69) is 43.7 Å². The van der Waals surface area contributed by atoms with E-state index in [4.69, 9.17) is 4.74 Å². The first-order chi connectivity index (χ1) is 17.0. The van der Waals surface area contributed by atoms with Crippen molar-refractivity contribution in [3.8, 4) is 23.2 Å². The molecule has 6 aromatic rings. The van der Waals surface area contributed by atoms with Crippen LogP contribution in [0.4, 0.5) is 5.69 Å². The minimum Gasteiger partial charge on any atom is -0.506 e. The molecule has 182 valence electrons. The summed E-state index contributed by atoms with van der Waals surface area (Å²) in [7, 11) is 4.03. The number of fused-ring (bicyclic) bond motifs is 4. The van der Waals surface area contributed by atoms with Gasteiger partial charge in [0.15, 0.2) is 0 Å². The first-order valence-electron chi connectivity index (χ1n) is 11.4. The number of phenols is 1. The minimum absolute atomic E-state index is 0. The Morgan fingerprint density at radius 2 is 1.72 bits per heavy atom. The summed E-state index contributed by atoms with van der Waals surface area (Å²) in [4.78, 5) is 11.3. The molecule has 0 fully saturated rings. The predicted octanol–water partition coefficient (Wildman–Crippen LogP) is 6.40. The first-order valence-corrected chi connectivity index (χ1v) is 11.4. The van der Waals surface area contributed by atoms with Gasteiger partial charge in [-0.15, -0.1) is 17.5 Å². The Balaban J connectivity index is 0.00000267. The van der Waals surface area contributed by atoms with E-state index in [0.29, 0.717) is 17.1 Å². The van der Waals surface area contributed by atoms with Crippen molar-refractivity contribution in [2.24, 2.45) is 0 Å². The zero-order valence-electron chi connectivity index (χ0n) is 20.0. The Labute approximate surface area is 223 Å². The maximum Gasteiger partial charge on any atom is 0.217 e. The van der Waals surface area contributed by atoms with E-state index in [1.807, 2.05) is 75.7 Å². The molecule has 6 rings (SSSR count). The third-order valence-corrected chi connectivity index (χ3v) is 6.25. The molecule has 3 heterocycles. The monoisotopic (exact) mass is 654 g/mol. The Bertz CT molecular complexity index is 1740. The second-order valence-electron chi connectivity index (χ2n) is 8.76. The largest absolute Gasteiger partial charge is 0.506 e. The van der Waals surface area contributed by atoms with Crippen molar-refractivity contribution in [2.45, 2.75) is 6.92 Å². The number of rotatable bonds is 4. The molecule has 0 unspecified atom stereocenters. The molecule has 3 aromatic heterocycles. The molecule has 6 nitrogen and oxygen atoms in total. The quantitative estimate of drug-likeness (QED) is 0.223. The van der Waals surface area contributed by atoms with Gasteiger partial charge in [-0.25, -0.2) is 9.97 Å². The molecule has 0 bridgehead atoms. The third kappa shape index (κ3) is 3.98. The summed E-state index contributed by atoms with van der Waals surface area (Å²) in [5.41, 5.74) is 4.46. The average Bonchev–Trinajstić information content (AvgIpc) is 3.18. The standard InChI is InChI=1S/C29H23N4O2.Pt/c1-18-15-28(31-29-21(18)8-6-10-26(29)34)35-20-11-12-23-22-7-4-5-9-24(22)33(25(23)17-20)27-16-19(32(2)3)13-14-30-27;/h4-16,34H,1-3H3;/q-1;. The number of benzene rings is 3. The third-order valence-electron chi connectivity index (χ3n) is 6.25. The van der Waals surface area contributed by atoms with E-state index in [9.17, 15) is 5.11 Å². The van der Waals surface area contributed by atoms with Gasteiger partial charge >= 0.3 is 0 Å². The number of aromatic nitrogens is 3. The van der Waals surface area contributed by atoms with Gasteiger partial charge in [-0.3, -0.25) is 0 Å². The second kappa shape index (κ2) is 9.29. The molecule has 0 aliphatic heterocycles. The van der Waals surface area contributed by atoms with Crippen LogP contribution in [-0.4, -0.2) is 33.7 Å². The topological polar surface area (TPSA) is 63.4 Å². The normalized spacial score (nSPS) is 11.1. The summed E-state index contributed by atoms with van der Waals surface area (Å²) in [5.74, 6) is 1.87. The molecule has 0 atom stereocenters. The Morgan fingerprint density at radius 1 is 0.917 bits per heavy atom. The van der Waals surface area contributed by atoms with Gasteiger partial charge < -0.3 is 19.3 Å². The van der Waals surface area contributed by atoms with Crippen LogP contribution in [0.3, 0.4) is 0 Å². The Hall–Kier alpha value is -3.89. The summed E-state index contributed by atoms with van der Waals surface area (Å²) in [5, 5.41) is 13.4. The van der Waals surface area contributed by atoms with Crippen LogP contribution in [0.15, 0.2) is 79.0 Å². The number of phenolic OH excluding ortho intramolecular Hbond substituents is 1. The smallest absolute Gasteiger partial charge is 0.217 e. The fourth-order valence-electron chi connectivity index (χ4n) is 4.52. The summed E-state index contributed by atoms with van der Waals surface area (Å²) in [6.07, 6.45) is 1.82. The minimum atomic E-state index is 0. The molecular weight excluding hydrogens is 631 g/mol. The van der Waals surface area contributed by atoms with Crippen LogP contribution in [-0.2, 0) is 21.1 Å². The van der Waals surface area contributed by atoms with Crippen LogP contribution in [0.1, 0.15) is 5.56 Å². The number of nitrogens with zero attached hydrogens (tertiary/aromatic N) is 4. The number of pyridine rings is 2. The van der Waals surface area contributed by atoms with Crippen LogP contribution >= 0.6 is 0 Å². The van der Waals surface area contributed by atoms with Gasteiger partial charge in [-0.1, -0.05) is 35.8 Å². The van der Waals surface area contributed by atoms with Gasteiger partial charge in [0.25, 0.3) is 0 Å². The van der Waals surface area contributed by atoms with Gasteiger partial charge in [-0.05, 0) is 36.1 Å². The zero-order valence-corrected chi connectivity index (χ0v) is 22.2. The van der Waals surface area contributed by atoms with E-state index >= 15 is 0 Å². The SMILES string of the molecule is Cc1cc(Oc2[c-]c3c(cc2)c2ccccc2n3-c2cc(N(C)C)ccn2)nc2c(O)cccc12.[Pt]. The van der Waals surface area contributed by atoms with Crippen LogP contribution in [0, 0.1) is 13.0 Å². The fourth-order valence-corrected chi connectivity index (χ4v) is 4.52. The van der Waals surface area contributed by atoms with Gasteiger partial charge in [0.05, 0.1) is 0 Å². The summed E-state index contributed by atoms with van der Waals surface area (Å²) in [6, 6.07) is 26.9. The molecule has 0 aliphatic carbocycles. The summed E-state index contributed by atoms with van der Waals surface area (Å²) in [6.45, 7) is 1.98. The molecule has 1 N–H and O–H groups in total. The van der Waals surface area contributed by atoms with Crippen molar-refractivity contribution < 1.29 is 30.9 Å². The van der Waals surface area contributed by atoms with E-state index in [1.165, 1.54) is 0 Å². The number of anilines is 1. The van der Waals surface area contributed by atoms with Crippen LogP contribution in [0.5, 0.6) is 17.4 Å². The molecule has 3 aromatic carbocycles. The fraction of sp³-hybridized carbons (Fsp3) is 0.103. The van der Waals surface area contributed by atoms with Crippen LogP contribution in [0.2, 0.25) is 0 Å². The van der Waals surface area contributed by atoms with Crippen LogP contribution < -0.4 is 9.64 Å². The number of hydrogen-bond acceptors (Lipinski definition) is 5. The number of hydrogen-bond donors (Lipinski definition) is 1. The van der Waals surface area contributed by atoms with Gasteiger partial charge in [0, 0.05) is 75.8 Å². The molecule has 0 saturated heterocycles. The summed E-state index contributed by atoms with van der Waals surface area (Å²) >= 11 is 0. The number of para-hydroxylation sites is 2. The zero-order chi connectivity index (χ0) is 24.1. The maximum atomic E-state index is 10.3. The van der Waals surface area contributed by atoms with Crippen molar-refractivity contribution in [2.75, 3.05) is 19.0 Å². The Morgan fingerprint density at radius 3 is 2.56 bits per heavy atom. The predicted molar refractivity (Wildman–Crippen MR) is 140 cm³/mol. The molecule has 0 amide bonds. The molecule has 36 heavy (non-hydrogen) atoms. The van der Waals surface area contributed by atoms with Gasteiger partial charge in [0.2, 0.25) is 5.88 Å². The summed E-state index contributed by atoms with van der Waals surface area (Å²) < 4.78 is 8.27. The van der Waals surface area contributed by atoms with E-state index in [1.54, 1.807) is 6.07 Å². The van der Waals surface area contributed by atoms with E-state index < -0.39 is 0 Å². The molecule has 0 aliphatic rings. The second-order valence-corrected chi connectivity index (χ2v) is 8.76. The van der Waals surface area contributed by atoms with Gasteiger partial charge in [-0.2, -0.15) is 6.07 Å². The van der Waals surface area contributed by atoms with Crippen molar-refractivity contribution in [3.05, 3.63) is 90.6 Å². The first kappa shape index (κ1) is 23.8. The Kier molecular flexibility index (Phi) is 6.15. The molecule has 0 saturated carbocycles. The van der Waals surface area contributed by atoms with Crippen molar-refractivity contribution >= 4 is 38.4 Å². The van der Waals surface area contributed by atoms with Crippen molar-refractivity contribution in [1.82, 2.24) is 14.5 Å². The number of ether oxygens (including phenoxy) is 1. The molecule has 7 heteroatoms. The van der Waals surface area contributed by atoms with E-state index in [0.717, 1.165) is 44.3 Å². The average molecular weight is 655 g/mol. The number of aromatic hydroxyl groups is 1. The van der Waals surface area contributed by atoms with Crippen molar-refractivity contribution in [3.63, 3.8) is 0 Å². The maximum absolute atomic E-state index is 10.3. The van der Waals surface area contributed by atoms with E-state index in [-0.39, 0.29) is 26.8 Å². The molecular formula is C29H23N4O2Pt-. The van der Waals surface area contributed by atoms with Gasteiger partial charge in [0.1, 0.15) is 17.1 Å². The number of aryl methyl sites for hydroxylation is 1. The molecule has 0 spiro atoms. The van der Waals surface area contributed by atoms with Crippen molar-refractivity contribution in [1.29, 1.82) is 0 Å². The van der Waals surface area contributed by atoms with Crippen LogP contribution in [0.25, 0.3) is 38.5 Å². The molecule has 0 radical (unpaired) electrons.